The SMILES string of the molecule is OCC1CCCN1Cc1cnc(Cl)nc1Cl. The Balaban J connectivity index is 2.08. The molecule has 1 N–H and O–H groups in total. The lowest BCUT2D eigenvalue weighted by molar-refractivity contribution is 0.153. The van der Waals surface area contributed by atoms with Gasteiger partial charge in [-0.2, -0.15) is 0 Å². The lowest BCUT2D eigenvalue weighted by atomic mass is 10.2. The normalized spacial score (nSPS) is 21.6. The first-order valence-corrected chi connectivity index (χ1v) is 5.98. The Labute approximate surface area is 104 Å². The van der Waals surface area contributed by atoms with Crippen LogP contribution in [0.15, 0.2) is 6.20 Å². The third-order valence-corrected chi connectivity index (χ3v) is 3.37. The summed E-state index contributed by atoms with van der Waals surface area (Å²) < 4.78 is 0. The lowest BCUT2D eigenvalue weighted by Crippen LogP contribution is -2.31. The Morgan fingerprint density at radius 2 is 2.31 bits per heavy atom. The first kappa shape index (κ1) is 12.0. The topological polar surface area (TPSA) is 49.2 Å². The Morgan fingerprint density at radius 3 is 3.00 bits per heavy atom. The monoisotopic (exact) mass is 261 g/mol. The highest BCUT2D eigenvalue weighted by Crippen LogP contribution is 2.22. The van der Waals surface area contributed by atoms with Crippen LogP contribution in [0.4, 0.5) is 0 Å². The second kappa shape index (κ2) is 5.27. The van der Waals surface area contributed by atoms with E-state index in [1.165, 1.54) is 0 Å². The van der Waals surface area contributed by atoms with E-state index in [-0.39, 0.29) is 17.9 Å². The number of aliphatic hydroxyl groups excluding tert-OH is 1. The molecule has 6 heteroatoms. The molecule has 0 spiro atoms. The van der Waals surface area contributed by atoms with Crippen molar-refractivity contribution in [2.75, 3.05) is 13.2 Å². The molecule has 4 nitrogen and oxygen atoms in total. The Hall–Kier alpha value is -0.420. The molecule has 0 bridgehead atoms. The molecule has 1 fully saturated rings. The minimum Gasteiger partial charge on any atom is -0.395 e. The van der Waals surface area contributed by atoms with E-state index in [2.05, 4.69) is 14.9 Å². The molecule has 0 amide bonds. The van der Waals surface area contributed by atoms with Crippen molar-refractivity contribution in [2.24, 2.45) is 0 Å². The average Bonchev–Trinajstić information content (AvgIpc) is 2.69. The molecule has 1 atom stereocenters. The molecular weight excluding hydrogens is 249 g/mol. The van der Waals surface area contributed by atoms with Gasteiger partial charge in [-0.3, -0.25) is 4.90 Å². The fraction of sp³-hybridized carbons (Fsp3) is 0.600. The average molecular weight is 262 g/mol. The van der Waals surface area contributed by atoms with Crippen molar-refractivity contribution in [3.8, 4) is 0 Å². The van der Waals surface area contributed by atoms with Crippen molar-refractivity contribution < 1.29 is 5.11 Å². The predicted molar refractivity (Wildman–Crippen MR) is 62.6 cm³/mol. The number of halogens is 2. The Kier molecular flexibility index (Phi) is 3.97. The standard InChI is InChI=1S/C10H13Cl2N3O/c11-9-7(4-13-10(12)14-9)5-15-3-1-2-8(15)6-16/h4,8,16H,1-3,5-6H2. The Morgan fingerprint density at radius 1 is 1.50 bits per heavy atom. The number of rotatable bonds is 3. The van der Waals surface area contributed by atoms with Crippen LogP contribution in [0.5, 0.6) is 0 Å². The van der Waals surface area contributed by atoms with Gasteiger partial charge in [0.25, 0.3) is 0 Å². The maximum atomic E-state index is 9.20. The van der Waals surface area contributed by atoms with Gasteiger partial charge in [0.15, 0.2) is 0 Å². The third-order valence-electron chi connectivity index (χ3n) is 2.87. The molecule has 0 aromatic carbocycles. The van der Waals surface area contributed by atoms with Crippen LogP contribution in [0.1, 0.15) is 18.4 Å². The van der Waals surface area contributed by atoms with E-state index in [1.807, 2.05) is 0 Å². The second-order valence-electron chi connectivity index (χ2n) is 3.90. The van der Waals surface area contributed by atoms with Crippen LogP contribution < -0.4 is 0 Å². The second-order valence-corrected chi connectivity index (χ2v) is 4.60. The zero-order valence-corrected chi connectivity index (χ0v) is 10.2. The highest BCUT2D eigenvalue weighted by atomic mass is 35.5. The minimum absolute atomic E-state index is 0.161. The molecule has 1 aliphatic heterocycles. The summed E-state index contributed by atoms with van der Waals surface area (Å²) in [4.78, 5) is 10.0. The van der Waals surface area contributed by atoms with Crippen LogP contribution in [0.25, 0.3) is 0 Å². The van der Waals surface area contributed by atoms with Crippen molar-refractivity contribution in [2.45, 2.75) is 25.4 Å². The summed E-state index contributed by atoms with van der Waals surface area (Å²) in [6, 6.07) is 0.228. The predicted octanol–water partition coefficient (Wildman–Crippen LogP) is 1.74. The Bertz CT molecular complexity index is 375. The fourth-order valence-electron chi connectivity index (χ4n) is 2.00. The van der Waals surface area contributed by atoms with Gasteiger partial charge in [-0.25, -0.2) is 9.97 Å². The molecule has 16 heavy (non-hydrogen) atoms. The summed E-state index contributed by atoms with van der Waals surface area (Å²) in [5.74, 6) is 0. The van der Waals surface area contributed by atoms with Crippen LogP contribution in [0, 0.1) is 0 Å². The molecule has 0 saturated carbocycles. The van der Waals surface area contributed by atoms with Crippen molar-refractivity contribution in [1.29, 1.82) is 0 Å². The molecule has 1 saturated heterocycles. The van der Waals surface area contributed by atoms with E-state index >= 15 is 0 Å². The molecule has 0 aliphatic carbocycles. The summed E-state index contributed by atoms with van der Waals surface area (Å²) in [5.41, 5.74) is 0.853. The van der Waals surface area contributed by atoms with Crippen molar-refractivity contribution in [3.05, 3.63) is 22.2 Å². The summed E-state index contributed by atoms with van der Waals surface area (Å²) >= 11 is 11.6. The molecule has 2 heterocycles. The van der Waals surface area contributed by atoms with Crippen LogP contribution in [-0.2, 0) is 6.54 Å². The maximum absolute atomic E-state index is 9.20. The van der Waals surface area contributed by atoms with Crippen LogP contribution in [0.3, 0.4) is 0 Å². The third kappa shape index (κ3) is 2.63. The summed E-state index contributed by atoms with van der Waals surface area (Å²) in [5, 5.41) is 9.75. The zero-order valence-electron chi connectivity index (χ0n) is 8.74. The minimum atomic E-state index is 0.161. The van der Waals surface area contributed by atoms with Crippen molar-refractivity contribution in [3.63, 3.8) is 0 Å². The van der Waals surface area contributed by atoms with Gasteiger partial charge in [-0.15, -0.1) is 0 Å². The maximum Gasteiger partial charge on any atom is 0.223 e. The van der Waals surface area contributed by atoms with Gasteiger partial charge in [0.2, 0.25) is 5.28 Å². The molecule has 1 aromatic heterocycles. The molecule has 1 aliphatic rings. The van der Waals surface area contributed by atoms with Gasteiger partial charge >= 0.3 is 0 Å². The summed E-state index contributed by atoms with van der Waals surface area (Å²) in [7, 11) is 0. The number of hydrogen-bond donors (Lipinski definition) is 1. The zero-order chi connectivity index (χ0) is 11.5. The van der Waals surface area contributed by atoms with Crippen LogP contribution in [0.2, 0.25) is 10.4 Å². The van der Waals surface area contributed by atoms with E-state index in [1.54, 1.807) is 6.20 Å². The molecule has 1 aromatic rings. The number of hydrogen-bond acceptors (Lipinski definition) is 4. The smallest absolute Gasteiger partial charge is 0.223 e. The largest absolute Gasteiger partial charge is 0.395 e. The number of nitrogens with zero attached hydrogens (tertiary/aromatic N) is 3. The summed E-state index contributed by atoms with van der Waals surface area (Å²) in [6.45, 7) is 1.83. The molecule has 0 radical (unpaired) electrons. The van der Waals surface area contributed by atoms with Crippen molar-refractivity contribution >= 4 is 23.2 Å². The first-order valence-electron chi connectivity index (χ1n) is 5.22. The van der Waals surface area contributed by atoms with E-state index in [0.717, 1.165) is 24.9 Å². The molecular formula is C10H13Cl2N3O. The van der Waals surface area contributed by atoms with E-state index in [0.29, 0.717) is 11.7 Å². The highest BCUT2D eigenvalue weighted by Gasteiger charge is 2.24. The first-order chi connectivity index (χ1) is 7.70. The van der Waals surface area contributed by atoms with Gasteiger partial charge in [0, 0.05) is 24.3 Å². The van der Waals surface area contributed by atoms with Gasteiger partial charge < -0.3 is 5.11 Å². The lowest BCUT2D eigenvalue weighted by Gasteiger charge is -2.22. The molecule has 88 valence electrons. The number of likely N-dealkylation sites (tertiary alicyclic amines) is 1. The van der Waals surface area contributed by atoms with Crippen LogP contribution in [-0.4, -0.2) is 39.2 Å². The van der Waals surface area contributed by atoms with E-state index in [4.69, 9.17) is 23.2 Å². The molecule has 2 rings (SSSR count). The number of aromatic nitrogens is 2. The van der Waals surface area contributed by atoms with Gasteiger partial charge in [-0.05, 0) is 31.0 Å². The van der Waals surface area contributed by atoms with E-state index < -0.39 is 0 Å². The summed E-state index contributed by atoms with van der Waals surface area (Å²) in [6.07, 6.45) is 3.78. The number of aliphatic hydroxyl groups is 1. The highest BCUT2D eigenvalue weighted by molar-refractivity contribution is 6.32. The van der Waals surface area contributed by atoms with E-state index in [9.17, 15) is 5.11 Å². The van der Waals surface area contributed by atoms with Crippen LogP contribution >= 0.6 is 23.2 Å². The fourth-order valence-corrected chi connectivity index (χ4v) is 2.37. The quantitative estimate of drug-likeness (QED) is 0.666. The van der Waals surface area contributed by atoms with Gasteiger partial charge in [0.05, 0.1) is 6.61 Å². The molecule has 1 unspecified atom stereocenters. The van der Waals surface area contributed by atoms with Gasteiger partial charge in [-0.1, -0.05) is 11.6 Å². The van der Waals surface area contributed by atoms with Crippen molar-refractivity contribution in [1.82, 2.24) is 14.9 Å². The van der Waals surface area contributed by atoms with Gasteiger partial charge in [0.1, 0.15) is 5.15 Å².